The van der Waals surface area contributed by atoms with Gasteiger partial charge in [-0.3, -0.25) is 4.90 Å². The minimum atomic E-state index is 0.558. The van der Waals surface area contributed by atoms with E-state index in [4.69, 9.17) is 11.6 Å². The van der Waals surface area contributed by atoms with Gasteiger partial charge >= 0.3 is 0 Å². The molecule has 0 aliphatic carbocycles. The van der Waals surface area contributed by atoms with Gasteiger partial charge in [-0.05, 0) is 32.0 Å². The fraction of sp³-hybridized carbons (Fsp3) is 0.600. The molecule has 0 radical (unpaired) electrons. The molecule has 2 aromatic rings. The monoisotopic (exact) mass is 337 g/mol. The van der Waals surface area contributed by atoms with E-state index in [1.54, 1.807) is 11.3 Å². The molecule has 0 unspecified atom stereocenters. The maximum atomic E-state index is 6.01. The summed E-state index contributed by atoms with van der Waals surface area (Å²) < 4.78 is 2.33. The molecule has 1 N–H and O–H groups in total. The van der Waals surface area contributed by atoms with Crippen LogP contribution < -0.4 is 5.32 Å². The van der Waals surface area contributed by atoms with E-state index >= 15 is 0 Å². The number of rotatable bonds is 3. The Labute approximate surface area is 139 Å². The van der Waals surface area contributed by atoms with E-state index < -0.39 is 0 Å². The Morgan fingerprint density at radius 1 is 1.27 bits per heavy atom. The molecule has 0 bridgehead atoms. The zero-order valence-electron chi connectivity index (χ0n) is 12.5. The van der Waals surface area contributed by atoms with Crippen molar-refractivity contribution < 1.29 is 0 Å². The van der Waals surface area contributed by atoms with Crippen LogP contribution in [0.15, 0.2) is 11.4 Å². The summed E-state index contributed by atoms with van der Waals surface area (Å²) in [6.07, 6.45) is 2.34. The Balaban J connectivity index is 1.38. The maximum Gasteiger partial charge on any atom is 0.147 e. The number of fused-ring (bicyclic) bond motifs is 1. The third-order valence-electron chi connectivity index (χ3n) is 4.61. The summed E-state index contributed by atoms with van der Waals surface area (Å²) in [5.74, 6) is 2.86. The van der Waals surface area contributed by atoms with Gasteiger partial charge in [-0.25, -0.2) is 0 Å². The molecule has 0 amide bonds. The van der Waals surface area contributed by atoms with Gasteiger partial charge in [-0.1, -0.05) is 11.6 Å². The minimum Gasteiger partial charge on any atom is -0.312 e. The van der Waals surface area contributed by atoms with Crippen LogP contribution >= 0.6 is 22.9 Å². The van der Waals surface area contributed by atoms with Gasteiger partial charge in [-0.15, -0.1) is 21.5 Å². The molecule has 4 rings (SSSR count). The fourth-order valence-corrected chi connectivity index (χ4v) is 4.54. The van der Waals surface area contributed by atoms with Gasteiger partial charge in [0, 0.05) is 35.8 Å². The summed E-state index contributed by atoms with van der Waals surface area (Å²) in [6.45, 7) is 6.15. The molecule has 118 valence electrons. The largest absolute Gasteiger partial charge is 0.312 e. The SMILES string of the molecule is Clc1csc(CN2CCC(c3nnc4n3CCNC4)CC2)c1. The van der Waals surface area contributed by atoms with Crippen molar-refractivity contribution in [3.63, 3.8) is 0 Å². The normalized spacial score (nSPS) is 20.2. The van der Waals surface area contributed by atoms with Crippen molar-refractivity contribution in [1.29, 1.82) is 0 Å². The van der Waals surface area contributed by atoms with Crippen molar-refractivity contribution in [3.8, 4) is 0 Å². The van der Waals surface area contributed by atoms with Crippen LogP contribution in [0.25, 0.3) is 0 Å². The van der Waals surface area contributed by atoms with Gasteiger partial charge < -0.3 is 9.88 Å². The summed E-state index contributed by atoms with van der Waals surface area (Å²) in [4.78, 5) is 3.88. The summed E-state index contributed by atoms with van der Waals surface area (Å²) >= 11 is 7.76. The number of hydrogen-bond donors (Lipinski definition) is 1. The lowest BCUT2D eigenvalue weighted by Gasteiger charge is -2.31. The summed E-state index contributed by atoms with van der Waals surface area (Å²) in [5, 5.41) is 15.0. The second kappa shape index (κ2) is 6.28. The zero-order chi connectivity index (χ0) is 14.9. The van der Waals surface area contributed by atoms with Crippen LogP contribution in [0.4, 0.5) is 0 Å². The molecule has 0 aromatic carbocycles. The van der Waals surface area contributed by atoms with Crippen LogP contribution in [0.5, 0.6) is 0 Å². The number of nitrogens with zero attached hydrogens (tertiary/aromatic N) is 4. The predicted molar refractivity (Wildman–Crippen MR) is 88.3 cm³/mol. The second-order valence-corrected chi connectivity index (χ2v) is 7.52. The number of piperidine rings is 1. The average molecular weight is 338 g/mol. The summed E-state index contributed by atoms with van der Waals surface area (Å²) in [7, 11) is 0. The van der Waals surface area contributed by atoms with Gasteiger partial charge in [0.05, 0.1) is 11.6 Å². The first kappa shape index (κ1) is 14.6. The number of nitrogens with one attached hydrogen (secondary N) is 1. The van der Waals surface area contributed by atoms with E-state index in [1.165, 1.54) is 23.5 Å². The van der Waals surface area contributed by atoms with Crippen LogP contribution in [0.2, 0.25) is 5.02 Å². The van der Waals surface area contributed by atoms with E-state index in [-0.39, 0.29) is 0 Å². The summed E-state index contributed by atoms with van der Waals surface area (Å²) in [5.41, 5.74) is 0. The molecule has 1 saturated heterocycles. The molecule has 2 aromatic heterocycles. The highest BCUT2D eigenvalue weighted by molar-refractivity contribution is 7.10. The van der Waals surface area contributed by atoms with Crippen molar-refractivity contribution in [2.75, 3.05) is 19.6 Å². The van der Waals surface area contributed by atoms with Gasteiger partial charge in [0.15, 0.2) is 0 Å². The van der Waals surface area contributed by atoms with Gasteiger partial charge in [-0.2, -0.15) is 0 Å². The lowest BCUT2D eigenvalue weighted by Crippen LogP contribution is -2.34. The zero-order valence-corrected chi connectivity index (χ0v) is 14.0. The Hall–Kier alpha value is -0.950. The molecule has 2 aliphatic rings. The fourth-order valence-electron chi connectivity index (χ4n) is 3.42. The average Bonchev–Trinajstić information content (AvgIpc) is 3.14. The molecular formula is C15H20ClN5S. The van der Waals surface area contributed by atoms with Crippen molar-refractivity contribution in [1.82, 2.24) is 25.0 Å². The standard InChI is InChI=1S/C15H20ClN5S/c16-12-7-13(22-10-12)9-20-4-1-11(2-5-20)15-19-18-14-8-17-3-6-21(14)15/h7,10-11,17H,1-6,8-9H2. The molecule has 5 nitrogen and oxygen atoms in total. The van der Waals surface area contributed by atoms with Crippen LogP contribution in [0.3, 0.4) is 0 Å². The van der Waals surface area contributed by atoms with Gasteiger partial charge in [0.1, 0.15) is 11.6 Å². The first-order valence-corrected chi connectivity index (χ1v) is 9.13. The van der Waals surface area contributed by atoms with Crippen molar-refractivity contribution in [3.05, 3.63) is 33.0 Å². The second-order valence-electron chi connectivity index (χ2n) is 6.08. The lowest BCUT2D eigenvalue weighted by atomic mass is 9.95. The number of thiophene rings is 1. The Morgan fingerprint density at radius 3 is 2.91 bits per heavy atom. The molecule has 0 saturated carbocycles. The lowest BCUT2D eigenvalue weighted by molar-refractivity contribution is 0.201. The number of hydrogen-bond acceptors (Lipinski definition) is 5. The highest BCUT2D eigenvalue weighted by Crippen LogP contribution is 2.29. The molecule has 0 atom stereocenters. The highest BCUT2D eigenvalue weighted by atomic mass is 35.5. The van der Waals surface area contributed by atoms with Crippen molar-refractivity contribution in [2.45, 2.75) is 38.4 Å². The molecule has 2 aliphatic heterocycles. The first-order valence-electron chi connectivity index (χ1n) is 7.87. The van der Waals surface area contributed by atoms with Gasteiger partial charge in [0.25, 0.3) is 0 Å². The maximum absolute atomic E-state index is 6.01. The third kappa shape index (κ3) is 2.93. The van der Waals surface area contributed by atoms with Crippen LogP contribution in [-0.2, 0) is 19.6 Å². The number of aromatic nitrogens is 3. The van der Waals surface area contributed by atoms with Crippen molar-refractivity contribution in [2.24, 2.45) is 0 Å². The van der Waals surface area contributed by atoms with E-state index in [1.807, 2.05) is 5.38 Å². The minimum absolute atomic E-state index is 0.558. The van der Waals surface area contributed by atoms with E-state index in [9.17, 15) is 0 Å². The van der Waals surface area contributed by atoms with E-state index in [2.05, 4.69) is 31.0 Å². The molecule has 22 heavy (non-hydrogen) atoms. The van der Waals surface area contributed by atoms with Gasteiger partial charge in [0.2, 0.25) is 0 Å². The molecule has 7 heteroatoms. The van der Waals surface area contributed by atoms with E-state index in [0.29, 0.717) is 5.92 Å². The highest BCUT2D eigenvalue weighted by Gasteiger charge is 2.27. The first-order chi connectivity index (χ1) is 10.8. The third-order valence-corrected chi connectivity index (χ3v) is 5.87. The molecular weight excluding hydrogens is 318 g/mol. The van der Waals surface area contributed by atoms with Crippen LogP contribution in [-0.4, -0.2) is 39.3 Å². The number of likely N-dealkylation sites (tertiary alicyclic amines) is 1. The Morgan fingerprint density at radius 2 is 2.14 bits per heavy atom. The molecule has 0 spiro atoms. The van der Waals surface area contributed by atoms with E-state index in [0.717, 1.165) is 50.1 Å². The quantitative estimate of drug-likeness (QED) is 0.934. The number of halogens is 1. The Bertz CT molecular complexity index is 644. The summed E-state index contributed by atoms with van der Waals surface area (Å²) in [6, 6.07) is 2.08. The smallest absolute Gasteiger partial charge is 0.147 e. The van der Waals surface area contributed by atoms with Crippen LogP contribution in [0, 0.1) is 0 Å². The van der Waals surface area contributed by atoms with Crippen LogP contribution in [0.1, 0.15) is 35.3 Å². The molecule has 4 heterocycles. The van der Waals surface area contributed by atoms with Crippen molar-refractivity contribution >= 4 is 22.9 Å². The molecule has 1 fully saturated rings. The topological polar surface area (TPSA) is 46.0 Å². The predicted octanol–water partition coefficient (Wildman–Crippen LogP) is 2.48. The Kier molecular flexibility index (Phi) is 4.17.